The van der Waals surface area contributed by atoms with Gasteiger partial charge in [-0.05, 0) is 16.6 Å². The summed E-state index contributed by atoms with van der Waals surface area (Å²) in [6.07, 6.45) is 0. The lowest BCUT2D eigenvalue weighted by molar-refractivity contribution is 0.398. The van der Waals surface area contributed by atoms with Crippen LogP contribution in [0.2, 0.25) is 16.6 Å². The highest BCUT2D eigenvalue weighted by Crippen LogP contribution is 2.47. The molecule has 0 radical (unpaired) electrons. The Kier molecular flexibility index (Phi) is 6.47. The summed E-state index contributed by atoms with van der Waals surface area (Å²) in [6.45, 7) is 10.6. The van der Waals surface area contributed by atoms with Gasteiger partial charge in [-0.3, -0.25) is 0 Å². The monoisotopic (exact) mass is 494 g/mol. The van der Waals surface area contributed by atoms with Crippen molar-refractivity contribution < 1.29 is 39.5 Å². The minimum absolute atomic E-state index is 0.0675. The zero-order chi connectivity index (χ0) is 25.2. The van der Waals surface area contributed by atoms with Gasteiger partial charge in [0.25, 0.3) is 8.32 Å². The lowest BCUT2D eigenvalue weighted by Crippen LogP contribution is -2.51. The SMILES string of the molecule is CC(C)[Si](Oc1c(F)c(F)c2c(F)c3c(F)cc(F)c(F)c3c(F)c2c1F)(C(C)C)C(C)C. The third kappa shape index (κ3) is 3.48. The van der Waals surface area contributed by atoms with Crippen molar-refractivity contribution in [1.29, 1.82) is 0 Å². The van der Waals surface area contributed by atoms with E-state index >= 15 is 13.2 Å². The molecule has 0 fully saturated rings. The summed E-state index contributed by atoms with van der Waals surface area (Å²) in [5.74, 6) is -16.6. The quantitative estimate of drug-likeness (QED) is 0.149. The van der Waals surface area contributed by atoms with Crippen molar-refractivity contribution in [3.05, 3.63) is 52.6 Å². The molecule has 3 rings (SSSR count). The van der Waals surface area contributed by atoms with E-state index in [-0.39, 0.29) is 22.7 Å². The van der Waals surface area contributed by atoms with Crippen LogP contribution in [0.15, 0.2) is 6.07 Å². The van der Waals surface area contributed by atoms with Gasteiger partial charge in [0.05, 0.1) is 21.5 Å². The summed E-state index contributed by atoms with van der Waals surface area (Å²) in [5, 5.41) is -6.05. The van der Waals surface area contributed by atoms with Crippen LogP contribution in [0, 0.1) is 46.5 Å². The van der Waals surface area contributed by atoms with Crippen LogP contribution >= 0.6 is 0 Å². The van der Waals surface area contributed by atoms with E-state index in [1.807, 2.05) is 0 Å². The van der Waals surface area contributed by atoms with Crippen LogP contribution in [0.3, 0.4) is 0 Å². The van der Waals surface area contributed by atoms with Crippen molar-refractivity contribution >= 4 is 29.9 Å². The van der Waals surface area contributed by atoms with Crippen LogP contribution in [-0.4, -0.2) is 8.32 Å². The third-order valence-electron chi connectivity index (χ3n) is 6.32. The Morgan fingerprint density at radius 3 is 1.42 bits per heavy atom. The van der Waals surface area contributed by atoms with Crippen molar-refractivity contribution in [1.82, 2.24) is 0 Å². The molecule has 0 amide bonds. The van der Waals surface area contributed by atoms with Gasteiger partial charge in [-0.25, -0.2) is 30.7 Å². The van der Waals surface area contributed by atoms with Crippen LogP contribution in [0.5, 0.6) is 5.75 Å². The maximum absolute atomic E-state index is 15.5. The van der Waals surface area contributed by atoms with Crippen LogP contribution in [0.1, 0.15) is 41.5 Å². The molecule has 3 aromatic rings. The predicted octanol–water partition coefficient (Wildman–Crippen LogP) is 8.66. The highest BCUT2D eigenvalue weighted by molar-refractivity contribution is 6.78. The minimum Gasteiger partial charge on any atom is -0.539 e. The number of fused-ring (bicyclic) bond motifs is 2. The van der Waals surface area contributed by atoms with Gasteiger partial charge in [0.1, 0.15) is 17.5 Å². The van der Waals surface area contributed by atoms with Gasteiger partial charge < -0.3 is 4.43 Å². The Hall–Kier alpha value is -2.36. The maximum Gasteiger partial charge on any atom is 0.259 e. The molecule has 0 heterocycles. The fourth-order valence-corrected chi connectivity index (χ4v) is 10.2. The van der Waals surface area contributed by atoms with Gasteiger partial charge in [0, 0.05) is 6.07 Å². The van der Waals surface area contributed by atoms with Crippen molar-refractivity contribution in [2.75, 3.05) is 0 Å². The molecular weight excluding hydrogens is 472 g/mol. The van der Waals surface area contributed by atoms with Gasteiger partial charge in [-0.15, -0.1) is 0 Å². The molecule has 3 aromatic carbocycles. The van der Waals surface area contributed by atoms with E-state index < -0.39 is 82.1 Å². The van der Waals surface area contributed by atoms with Gasteiger partial charge >= 0.3 is 0 Å². The van der Waals surface area contributed by atoms with Crippen LogP contribution in [0.4, 0.5) is 35.1 Å². The third-order valence-corrected chi connectivity index (χ3v) is 12.3. The number of halogens is 8. The largest absolute Gasteiger partial charge is 0.539 e. The van der Waals surface area contributed by atoms with E-state index in [2.05, 4.69) is 0 Å². The summed E-state index contributed by atoms with van der Waals surface area (Å²) >= 11 is 0. The Balaban J connectivity index is 2.53. The summed E-state index contributed by atoms with van der Waals surface area (Å²) in [6, 6.07) is -0.0675. The molecule has 0 bridgehead atoms. The van der Waals surface area contributed by atoms with Crippen LogP contribution < -0.4 is 4.43 Å². The molecular formula is C23H22F8OSi. The molecule has 0 aliphatic carbocycles. The summed E-state index contributed by atoms with van der Waals surface area (Å²) in [7, 11) is -3.11. The molecule has 1 nitrogen and oxygen atoms in total. The highest BCUT2D eigenvalue weighted by atomic mass is 28.4. The molecule has 0 aromatic heterocycles. The first-order chi connectivity index (χ1) is 15.2. The smallest absolute Gasteiger partial charge is 0.259 e. The second-order valence-electron chi connectivity index (χ2n) is 8.97. The van der Waals surface area contributed by atoms with Gasteiger partial charge in [-0.1, -0.05) is 41.5 Å². The van der Waals surface area contributed by atoms with Crippen molar-refractivity contribution in [2.45, 2.75) is 58.2 Å². The highest BCUT2D eigenvalue weighted by Gasteiger charge is 2.48. The van der Waals surface area contributed by atoms with Gasteiger partial charge in [-0.2, -0.15) is 4.39 Å². The second-order valence-corrected chi connectivity index (χ2v) is 14.3. The van der Waals surface area contributed by atoms with E-state index in [1.54, 1.807) is 41.5 Å². The van der Waals surface area contributed by atoms with E-state index in [1.165, 1.54) is 0 Å². The molecule has 0 saturated heterocycles. The fraction of sp³-hybridized carbons (Fsp3) is 0.391. The minimum atomic E-state index is -3.11. The Morgan fingerprint density at radius 2 is 0.939 bits per heavy atom. The summed E-state index contributed by atoms with van der Waals surface area (Å²) in [5.41, 5.74) is -0.684. The molecule has 33 heavy (non-hydrogen) atoms. The molecule has 0 spiro atoms. The standard InChI is InChI=1S/C23H22F8OSi/c1-8(2)33(9(3)4,10(5)6)32-23-21(30)16-15(20(29)22(23)31)18(27)13-11(24)7-12(25)17(26)14(13)19(16)28/h7-10H,1-6H3. The van der Waals surface area contributed by atoms with Crippen molar-refractivity contribution in [3.8, 4) is 5.75 Å². The Morgan fingerprint density at radius 1 is 0.515 bits per heavy atom. The number of hydrogen-bond donors (Lipinski definition) is 0. The molecule has 0 unspecified atom stereocenters. The zero-order valence-corrected chi connectivity index (χ0v) is 19.7. The molecule has 0 N–H and O–H groups in total. The molecule has 180 valence electrons. The molecule has 0 saturated carbocycles. The maximum atomic E-state index is 15.5. The van der Waals surface area contributed by atoms with Crippen LogP contribution in [-0.2, 0) is 0 Å². The van der Waals surface area contributed by atoms with Crippen molar-refractivity contribution in [3.63, 3.8) is 0 Å². The first-order valence-electron chi connectivity index (χ1n) is 10.3. The first-order valence-corrected chi connectivity index (χ1v) is 12.5. The molecule has 10 heteroatoms. The lowest BCUT2D eigenvalue weighted by atomic mass is 9.99. The predicted molar refractivity (Wildman–Crippen MR) is 113 cm³/mol. The van der Waals surface area contributed by atoms with E-state index in [9.17, 15) is 22.0 Å². The second kappa shape index (κ2) is 8.45. The van der Waals surface area contributed by atoms with Gasteiger partial charge in [0.2, 0.25) is 5.82 Å². The average molecular weight is 494 g/mol. The lowest BCUT2D eigenvalue weighted by Gasteiger charge is -2.42. The summed E-state index contributed by atoms with van der Waals surface area (Å²) < 4.78 is 124. The van der Waals surface area contributed by atoms with E-state index in [0.29, 0.717) is 0 Å². The van der Waals surface area contributed by atoms with Crippen molar-refractivity contribution in [2.24, 2.45) is 0 Å². The fourth-order valence-electron chi connectivity index (χ4n) is 4.94. The normalized spacial score (nSPS) is 12.8. The number of hydrogen-bond acceptors (Lipinski definition) is 1. The Bertz CT molecular complexity index is 1250. The number of rotatable bonds is 5. The molecule has 0 aliphatic rings. The molecule has 0 aliphatic heterocycles. The number of benzene rings is 3. The van der Waals surface area contributed by atoms with Crippen LogP contribution in [0.25, 0.3) is 21.5 Å². The zero-order valence-electron chi connectivity index (χ0n) is 18.7. The van der Waals surface area contributed by atoms with Gasteiger partial charge in [0.15, 0.2) is 29.0 Å². The molecule has 0 atom stereocenters. The summed E-state index contributed by atoms with van der Waals surface area (Å²) in [4.78, 5) is 0. The Labute approximate surface area is 186 Å². The van der Waals surface area contributed by atoms with E-state index in [4.69, 9.17) is 4.43 Å². The van der Waals surface area contributed by atoms with E-state index in [0.717, 1.165) is 0 Å². The topological polar surface area (TPSA) is 9.23 Å². The first kappa shape index (κ1) is 25.3. The average Bonchev–Trinajstić information content (AvgIpc) is 2.70.